The third-order valence-corrected chi connectivity index (χ3v) is 3.30. The maximum atomic E-state index is 3.29. The number of hydrogen-bond donors (Lipinski definition) is 1. The van der Waals surface area contributed by atoms with Gasteiger partial charge in [0.1, 0.15) is 0 Å². The van der Waals surface area contributed by atoms with Crippen LogP contribution in [0.4, 0.5) is 5.69 Å². The molecule has 0 unspecified atom stereocenters. The molecule has 0 spiro atoms. The number of anilines is 1. The maximum absolute atomic E-state index is 3.29. The van der Waals surface area contributed by atoms with Gasteiger partial charge in [-0.1, -0.05) is 11.9 Å². The molecule has 0 aromatic carbocycles. The van der Waals surface area contributed by atoms with Crippen LogP contribution >= 0.6 is 23.3 Å². The summed E-state index contributed by atoms with van der Waals surface area (Å²) in [6.45, 7) is 6.49. The van der Waals surface area contributed by atoms with E-state index in [0.717, 1.165) is 0 Å². The molecule has 3 heteroatoms. The van der Waals surface area contributed by atoms with E-state index in [9.17, 15) is 0 Å². The first-order valence-corrected chi connectivity index (χ1v) is 5.56. The van der Waals surface area contributed by atoms with E-state index >= 15 is 0 Å². The quantitative estimate of drug-likeness (QED) is 0.712. The Kier molecular flexibility index (Phi) is 2.84. The van der Waals surface area contributed by atoms with Crippen molar-refractivity contribution in [1.29, 1.82) is 0 Å². The van der Waals surface area contributed by atoms with Crippen molar-refractivity contribution in [2.45, 2.75) is 20.8 Å². The predicted octanol–water partition coefficient (Wildman–Crippen LogP) is 3.36. The zero-order valence-corrected chi connectivity index (χ0v) is 8.95. The van der Waals surface area contributed by atoms with Gasteiger partial charge in [-0.05, 0) is 26.3 Å². The largest absolute Gasteiger partial charge is 0.329 e. The second-order valence-corrected chi connectivity index (χ2v) is 4.56. The van der Waals surface area contributed by atoms with E-state index in [1.807, 2.05) is 17.6 Å². The number of rotatable bonds is 2. The normalized spacial score (nSPS) is 10.2. The van der Waals surface area contributed by atoms with Gasteiger partial charge in [-0.25, -0.2) is 0 Å². The minimum Gasteiger partial charge on any atom is -0.329 e. The molecule has 1 rings (SSSR count). The van der Waals surface area contributed by atoms with Gasteiger partial charge >= 0.3 is 0 Å². The van der Waals surface area contributed by atoms with E-state index in [0.29, 0.717) is 0 Å². The van der Waals surface area contributed by atoms with Gasteiger partial charge < -0.3 is 4.72 Å². The van der Waals surface area contributed by atoms with Crippen molar-refractivity contribution in [1.82, 2.24) is 0 Å². The van der Waals surface area contributed by atoms with Crippen molar-refractivity contribution in [3.63, 3.8) is 0 Å². The molecule has 0 aliphatic carbocycles. The Morgan fingerprint density at radius 2 is 1.82 bits per heavy atom. The SMILES string of the molecule is CSNc1c(C)sc(C)c1C. The summed E-state index contributed by atoms with van der Waals surface area (Å²) in [4.78, 5) is 2.80. The lowest BCUT2D eigenvalue weighted by atomic mass is 10.2. The summed E-state index contributed by atoms with van der Waals surface area (Å²) >= 11 is 3.51. The molecule has 0 bridgehead atoms. The van der Waals surface area contributed by atoms with Crippen LogP contribution < -0.4 is 4.72 Å². The molecule has 0 radical (unpaired) electrons. The second-order valence-electron chi connectivity index (χ2n) is 2.52. The van der Waals surface area contributed by atoms with Crippen LogP contribution in [-0.4, -0.2) is 6.26 Å². The highest BCUT2D eigenvalue weighted by Gasteiger charge is 2.07. The van der Waals surface area contributed by atoms with E-state index in [1.54, 1.807) is 11.9 Å². The maximum Gasteiger partial charge on any atom is 0.0610 e. The van der Waals surface area contributed by atoms with E-state index < -0.39 is 0 Å². The average molecular weight is 187 g/mol. The standard InChI is InChI=1S/C8H13NS2/c1-5-6(2)11-7(3)8(5)9-10-4/h9H,1-4H3. The van der Waals surface area contributed by atoms with Gasteiger partial charge in [0.05, 0.1) is 5.69 Å². The predicted molar refractivity (Wildman–Crippen MR) is 55.7 cm³/mol. The molecule has 0 aliphatic rings. The van der Waals surface area contributed by atoms with Crippen LogP contribution in [0, 0.1) is 20.8 Å². The molecule has 11 heavy (non-hydrogen) atoms. The fourth-order valence-corrected chi connectivity index (χ4v) is 2.64. The first-order chi connectivity index (χ1) is 5.16. The Labute approximate surface area is 76.3 Å². The molecule has 1 nitrogen and oxygen atoms in total. The monoisotopic (exact) mass is 187 g/mol. The topological polar surface area (TPSA) is 12.0 Å². The summed E-state index contributed by atoms with van der Waals surface area (Å²) in [5.41, 5.74) is 2.70. The molecular formula is C8H13NS2. The Morgan fingerprint density at radius 3 is 2.18 bits per heavy atom. The summed E-state index contributed by atoms with van der Waals surface area (Å²) in [5, 5.41) is 0. The highest BCUT2D eigenvalue weighted by atomic mass is 32.2. The Bertz CT molecular complexity index is 253. The van der Waals surface area contributed by atoms with E-state index in [2.05, 4.69) is 25.5 Å². The first kappa shape index (κ1) is 8.94. The van der Waals surface area contributed by atoms with Crippen LogP contribution in [0.3, 0.4) is 0 Å². The average Bonchev–Trinajstić information content (AvgIpc) is 2.17. The fraction of sp³-hybridized carbons (Fsp3) is 0.500. The zero-order chi connectivity index (χ0) is 8.43. The van der Waals surface area contributed by atoms with Crippen LogP contribution in [-0.2, 0) is 0 Å². The van der Waals surface area contributed by atoms with Crippen LogP contribution in [0.5, 0.6) is 0 Å². The van der Waals surface area contributed by atoms with Crippen LogP contribution in [0.2, 0.25) is 0 Å². The minimum absolute atomic E-state index is 1.31. The molecule has 0 saturated carbocycles. The van der Waals surface area contributed by atoms with Gasteiger partial charge in [0.25, 0.3) is 0 Å². The van der Waals surface area contributed by atoms with Crippen molar-refractivity contribution in [2.24, 2.45) is 0 Å². The summed E-state index contributed by atoms with van der Waals surface area (Å²) < 4.78 is 3.29. The fourth-order valence-electron chi connectivity index (χ4n) is 1.05. The summed E-state index contributed by atoms with van der Waals surface area (Å²) in [6.07, 6.45) is 2.05. The van der Waals surface area contributed by atoms with Crippen molar-refractivity contribution in [2.75, 3.05) is 11.0 Å². The van der Waals surface area contributed by atoms with Crippen LogP contribution in [0.15, 0.2) is 0 Å². The third-order valence-electron chi connectivity index (χ3n) is 1.77. The molecular weight excluding hydrogens is 174 g/mol. The van der Waals surface area contributed by atoms with E-state index in [-0.39, 0.29) is 0 Å². The molecule has 1 N–H and O–H groups in total. The molecule has 1 aromatic rings. The first-order valence-electron chi connectivity index (χ1n) is 3.52. The lowest BCUT2D eigenvalue weighted by Crippen LogP contribution is -1.86. The van der Waals surface area contributed by atoms with Gasteiger partial charge in [-0.15, -0.1) is 11.3 Å². The lowest BCUT2D eigenvalue weighted by molar-refractivity contribution is 1.43. The Balaban J connectivity index is 3.02. The molecule has 0 atom stereocenters. The summed E-state index contributed by atoms with van der Waals surface area (Å²) in [6, 6.07) is 0. The van der Waals surface area contributed by atoms with Crippen molar-refractivity contribution < 1.29 is 0 Å². The van der Waals surface area contributed by atoms with Crippen molar-refractivity contribution in [3.8, 4) is 0 Å². The minimum atomic E-state index is 1.31. The van der Waals surface area contributed by atoms with E-state index in [4.69, 9.17) is 0 Å². The van der Waals surface area contributed by atoms with Crippen LogP contribution in [0.1, 0.15) is 15.3 Å². The van der Waals surface area contributed by atoms with Crippen LogP contribution in [0.25, 0.3) is 0 Å². The van der Waals surface area contributed by atoms with Crippen molar-refractivity contribution in [3.05, 3.63) is 15.3 Å². The van der Waals surface area contributed by atoms with Crippen molar-refractivity contribution >= 4 is 29.0 Å². The molecule has 0 amide bonds. The van der Waals surface area contributed by atoms with Gasteiger partial charge in [0.15, 0.2) is 0 Å². The smallest absolute Gasteiger partial charge is 0.0610 e. The Hall–Kier alpha value is -0.150. The van der Waals surface area contributed by atoms with E-state index in [1.165, 1.54) is 21.0 Å². The molecule has 62 valence electrons. The van der Waals surface area contributed by atoms with Gasteiger partial charge in [-0.3, -0.25) is 0 Å². The number of aryl methyl sites for hydroxylation is 2. The number of thiophene rings is 1. The van der Waals surface area contributed by atoms with Gasteiger partial charge in [-0.2, -0.15) is 0 Å². The Morgan fingerprint density at radius 1 is 1.18 bits per heavy atom. The zero-order valence-electron chi connectivity index (χ0n) is 7.32. The summed E-state index contributed by atoms with van der Waals surface area (Å²) in [5.74, 6) is 0. The highest BCUT2D eigenvalue weighted by molar-refractivity contribution is 7.99. The third kappa shape index (κ3) is 1.71. The highest BCUT2D eigenvalue weighted by Crippen LogP contribution is 2.32. The molecule has 1 heterocycles. The number of nitrogens with one attached hydrogen (secondary N) is 1. The summed E-state index contributed by atoms with van der Waals surface area (Å²) in [7, 11) is 0. The molecule has 1 aromatic heterocycles. The molecule has 0 aliphatic heterocycles. The molecule has 0 fully saturated rings. The second kappa shape index (κ2) is 3.50. The lowest BCUT2D eigenvalue weighted by Gasteiger charge is -2.01. The molecule has 0 saturated heterocycles. The van der Waals surface area contributed by atoms with Gasteiger partial charge in [0, 0.05) is 16.0 Å². The number of hydrogen-bond acceptors (Lipinski definition) is 3. The van der Waals surface area contributed by atoms with Gasteiger partial charge in [0.2, 0.25) is 0 Å².